The first kappa shape index (κ1) is 22.2. The summed E-state index contributed by atoms with van der Waals surface area (Å²) in [5.41, 5.74) is 5.37. The average Bonchev–Trinajstić information content (AvgIpc) is 2.17. The predicted octanol–water partition coefficient (Wildman–Crippen LogP) is -10.4. The molecule has 96 valence electrons. The Morgan fingerprint density at radius 2 is 1.78 bits per heavy atom. The molecule has 0 spiro atoms. The van der Waals surface area contributed by atoms with Gasteiger partial charge in [0.15, 0.2) is 6.29 Å². The Kier molecular flexibility index (Phi) is 11.1. The summed E-state index contributed by atoms with van der Waals surface area (Å²) in [6, 6.07) is -1.11. The molecule has 0 radical (unpaired) electrons. The number of phosphoric acid groups is 1. The Morgan fingerprint density at radius 1 is 1.28 bits per heavy atom. The number of aliphatic hydroxyl groups excluding tert-OH is 3. The van der Waals surface area contributed by atoms with Crippen molar-refractivity contribution >= 4 is 7.82 Å². The first-order chi connectivity index (χ1) is 7.26. The van der Waals surface area contributed by atoms with Gasteiger partial charge in [0, 0.05) is 0 Å². The molecule has 0 amide bonds. The topological polar surface area (TPSA) is 168 Å². The van der Waals surface area contributed by atoms with Crippen molar-refractivity contribution in [2.75, 3.05) is 6.61 Å². The van der Waals surface area contributed by atoms with E-state index in [1.165, 1.54) is 0 Å². The molecule has 1 aliphatic rings. The zero-order chi connectivity index (χ0) is 12.5. The van der Waals surface area contributed by atoms with Crippen LogP contribution in [0.15, 0.2) is 0 Å². The summed E-state index contributed by atoms with van der Waals surface area (Å²) in [5.74, 6) is 0. The third-order valence-corrected chi connectivity index (χ3v) is 2.64. The number of aliphatic hydroxyl groups is 3. The van der Waals surface area contributed by atoms with Crippen LogP contribution in [0.25, 0.3) is 0 Å². The maximum absolute atomic E-state index is 10.3. The molecule has 0 saturated carbocycles. The molecule has 0 aromatic heterocycles. The van der Waals surface area contributed by atoms with Gasteiger partial charge in [0.25, 0.3) is 0 Å². The minimum Gasteiger partial charge on any atom is -0.790 e. The Labute approximate surface area is 147 Å². The molecule has 0 bridgehead atoms. The Bertz CT molecular complexity index is 289. The molecule has 0 aromatic rings. The number of hydrogen-bond donors (Lipinski definition) is 4. The fraction of sp³-hybridized carbons (Fsp3) is 1.00. The number of rotatable bonds is 3. The van der Waals surface area contributed by atoms with Gasteiger partial charge in [0.2, 0.25) is 0 Å². The van der Waals surface area contributed by atoms with Crippen molar-refractivity contribution in [1.29, 1.82) is 0 Å². The minimum absolute atomic E-state index is 0. The van der Waals surface area contributed by atoms with Crippen LogP contribution in [0.3, 0.4) is 0 Å². The van der Waals surface area contributed by atoms with E-state index in [1.807, 2.05) is 0 Å². The maximum Gasteiger partial charge on any atom is 1.00 e. The number of phosphoric ester groups is 1. The molecule has 9 nitrogen and oxygen atoms in total. The van der Waals surface area contributed by atoms with E-state index in [1.54, 1.807) is 0 Å². The van der Waals surface area contributed by atoms with Crippen LogP contribution in [0.4, 0.5) is 0 Å². The molecule has 1 rings (SSSR count). The quantitative estimate of drug-likeness (QED) is 0.292. The van der Waals surface area contributed by atoms with Crippen LogP contribution >= 0.6 is 7.82 Å². The van der Waals surface area contributed by atoms with E-state index in [2.05, 4.69) is 4.52 Å². The van der Waals surface area contributed by atoms with E-state index in [0.717, 1.165) is 0 Å². The van der Waals surface area contributed by atoms with Gasteiger partial charge >= 0.3 is 59.1 Å². The summed E-state index contributed by atoms with van der Waals surface area (Å²) in [6.45, 7) is -0.618. The Hall–Kier alpha value is 1.91. The van der Waals surface area contributed by atoms with E-state index in [4.69, 9.17) is 15.6 Å². The largest absolute Gasteiger partial charge is 1.00 e. The summed E-state index contributed by atoms with van der Waals surface area (Å²) in [5, 5.41) is 27.5. The minimum atomic E-state index is -5.37. The van der Waals surface area contributed by atoms with Gasteiger partial charge in [0.05, 0.1) is 20.5 Å². The molecular formula is C6H12NNa2O8P. The molecule has 5 N–H and O–H groups in total. The molecule has 18 heavy (non-hydrogen) atoms. The summed E-state index contributed by atoms with van der Waals surface area (Å²) in [4.78, 5) is 20.6. The molecule has 5 atom stereocenters. The van der Waals surface area contributed by atoms with Crippen LogP contribution in [0, 0.1) is 0 Å². The van der Waals surface area contributed by atoms with Crippen LogP contribution in [0.2, 0.25) is 0 Å². The van der Waals surface area contributed by atoms with E-state index in [9.17, 15) is 24.6 Å². The van der Waals surface area contributed by atoms with Crippen LogP contribution in [0.5, 0.6) is 0 Å². The second-order valence-corrected chi connectivity index (χ2v) is 4.44. The van der Waals surface area contributed by atoms with E-state index in [-0.39, 0.29) is 59.1 Å². The van der Waals surface area contributed by atoms with Crippen LogP contribution in [-0.4, -0.2) is 52.6 Å². The van der Waals surface area contributed by atoms with Crippen molar-refractivity contribution < 1.29 is 98.0 Å². The maximum atomic E-state index is 10.3. The fourth-order valence-electron chi connectivity index (χ4n) is 1.33. The Morgan fingerprint density at radius 3 is 2.17 bits per heavy atom. The number of nitrogens with two attached hydrogens (primary N) is 1. The third kappa shape index (κ3) is 6.13. The van der Waals surface area contributed by atoms with Gasteiger partial charge in [-0.3, -0.25) is 0 Å². The van der Waals surface area contributed by atoms with E-state index < -0.39 is 45.1 Å². The van der Waals surface area contributed by atoms with Gasteiger partial charge < -0.3 is 44.7 Å². The average molecular weight is 303 g/mol. The van der Waals surface area contributed by atoms with E-state index in [0.29, 0.717) is 0 Å². The van der Waals surface area contributed by atoms with Gasteiger partial charge in [-0.15, -0.1) is 0 Å². The fourth-order valence-corrected chi connectivity index (χ4v) is 1.76. The van der Waals surface area contributed by atoms with Crippen LogP contribution < -0.4 is 74.6 Å². The number of ether oxygens (including phenoxy) is 1. The predicted molar refractivity (Wildman–Crippen MR) is 44.4 cm³/mol. The van der Waals surface area contributed by atoms with Crippen LogP contribution in [0.1, 0.15) is 0 Å². The summed E-state index contributed by atoms with van der Waals surface area (Å²) in [7, 11) is -5.37. The number of hydrogen-bond acceptors (Lipinski definition) is 9. The Balaban J connectivity index is 0. The van der Waals surface area contributed by atoms with Crippen molar-refractivity contribution in [3.8, 4) is 0 Å². The smallest absolute Gasteiger partial charge is 0.790 e. The van der Waals surface area contributed by atoms with Crippen molar-refractivity contribution in [1.82, 2.24) is 0 Å². The molecule has 1 aliphatic heterocycles. The van der Waals surface area contributed by atoms with Crippen molar-refractivity contribution in [3.63, 3.8) is 0 Å². The first-order valence-electron chi connectivity index (χ1n) is 4.34. The molecule has 1 saturated heterocycles. The van der Waals surface area contributed by atoms with Crippen molar-refractivity contribution in [2.24, 2.45) is 5.73 Å². The molecular weight excluding hydrogens is 291 g/mol. The zero-order valence-corrected chi connectivity index (χ0v) is 14.9. The molecule has 12 heteroatoms. The standard InChI is InChI=1S/C6H14NO8P.2Na/c7-3-2(1-8)14-6(5(10)4(3)9)15-16(11,12)13;;/h2-6,8-10H,1,7H2,(H2,11,12,13);;/q;2*+1/p-2/t2-,3-,4+,5-,6+;;/m1../s1. The monoisotopic (exact) mass is 303 g/mol. The molecule has 0 unspecified atom stereocenters. The van der Waals surface area contributed by atoms with Crippen molar-refractivity contribution in [3.05, 3.63) is 0 Å². The van der Waals surface area contributed by atoms with Gasteiger partial charge in [-0.1, -0.05) is 0 Å². The molecule has 1 fully saturated rings. The normalized spacial score (nSPS) is 36.4. The van der Waals surface area contributed by atoms with Gasteiger partial charge in [-0.05, 0) is 0 Å². The summed E-state index contributed by atoms with van der Waals surface area (Å²) >= 11 is 0. The third-order valence-electron chi connectivity index (χ3n) is 2.17. The summed E-state index contributed by atoms with van der Waals surface area (Å²) in [6.07, 6.45) is -6.35. The zero-order valence-electron chi connectivity index (χ0n) is 10.0. The molecule has 0 aromatic carbocycles. The summed E-state index contributed by atoms with van der Waals surface area (Å²) < 4.78 is 18.9. The van der Waals surface area contributed by atoms with Crippen molar-refractivity contribution in [2.45, 2.75) is 30.6 Å². The molecule has 1 heterocycles. The second-order valence-electron chi connectivity index (χ2n) is 3.34. The SMILES string of the molecule is N[C@H]1[C@H](O)[C@@H](O)[C@H](OP(=O)([O-])[O-])O[C@@H]1CO.[Na+].[Na+]. The van der Waals surface area contributed by atoms with Crippen LogP contribution in [-0.2, 0) is 13.8 Å². The molecule has 0 aliphatic carbocycles. The first-order valence-corrected chi connectivity index (χ1v) is 5.81. The van der Waals surface area contributed by atoms with Gasteiger partial charge in [0.1, 0.15) is 18.3 Å². The van der Waals surface area contributed by atoms with E-state index >= 15 is 0 Å². The second kappa shape index (κ2) is 9.04. The van der Waals surface area contributed by atoms with Gasteiger partial charge in [-0.2, -0.15) is 0 Å². The van der Waals surface area contributed by atoms with Gasteiger partial charge in [-0.25, -0.2) is 0 Å².